The molecule has 154 valence electrons. The number of aliphatic hydroxyl groups excluding tert-OH is 1. The second kappa shape index (κ2) is 7.59. The van der Waals surface area contributed by atoms with Crippen molar-refractivity contribution in [2.45, 2.75) is 24.0 Å². The molecule has 2 aromatic heterocycles. The number of hydrogen-bond acceptors (Lipinski definition) is 6. The molecule has 1 aliphatic rings. The Morgan fingerprint density at radius 3 is 2.69 bits per heavy atom. The van der Waals surface area contributed by atoms with Crippen LogP contribution in [0.1, 0.15) is 19.3 Å². The van der Waals surface area contributed by atoms with Crippen molar-refractivity contribution < 1.29 is 13.5 Å². The lowest BCUT2D eigenvalue weighted by molar-refractivity contribution is 0.283. The zero-order chi connectivity index (χ0) is 20.8. The number of rotatable bonds is 7. The molecule has 3 N–H and O–H groups in total. The van der Waals surface area contributed by atoms with Gasteiger partial charge in [-0.3, -0.25) is 4.72 Å². The fourth-order valence-corrected chi connectivity index (χ4v) is 5.65. The summed E-state index contributed by atoms with van der Waals surface area (Å²) in [5, 5.41) is 17.0. The van der Waals surface area contributed by atoms with Gasteiger partial charge in [-0.15, -0.1) is 0 Å². The van der Waals surface area contributed by atoms with Crippen molar-refractivity contribution in [3.05, 3.63) is 45.1 Å². The number of halogens is 3. The Bertz CT molecular complexity index is 1200. The van der Waals surface area contributed by atoms with Crippen LogP contribution in [0.2, 0.25) is 10.2 Å². The van der Waals surface area contributed by atoms with Gasteiger partial charge in [0.1, 0.15) is 5.69 Å². The molecule has 1 aliphatic carbocycles. The van der Waals surface area contributed by atoms with Gasteiger partial charge in [-0.2, -0.15) is 5.10 Å². The molecule has 0 bridgehead atoms. The molecule has 3 aromatic rings. The number of nitrogens with zero attached hydrogens (tertiary/aromatic N) is 3. The summed E-state index contributed by atoms with van der Waals surface area (Å²) in [6.45, 7) is -0.212. The third-order valence-corrected chi connectivity index (χ3v) is 8.21. The first kappa shape index (κ1) is 20.7. The first-order chi connectivity index (χ1) is 13.8. The van der Waals surface area contributed by atoms with Gasteiger partial charge in [-0.05, 0) is 37.5 Å². The van der Waals surface area contributed by atoms with Gasteiger partial charge in [0.25, 0.3) is 0 Å². The molecule has 0 aliphatic heterocycles. The summed E-state index contributed by atoms with van der Waals surface area (Å²) < 4.78 is 29.7. The summed E-state index contributed by atoms with van der Waals surface area (Å²) in [4.78, 5) is 4.37. The molecule has 1 saturated carbocycles. The van der Waals surface area contributed by atoms with Crippen LogP contribution < -0.4 is 10.0 Å². The van der Waals surface area contributed by atoms with E-state index in [2.05, 4.69) is 36.1 Å². The van der Waals surface area contributed by atoms with Crippen LogP contribution in [0.15, 0.2) is 34.9 Å². The van der Waals surface area contributed by atoms with E-state index >= 15 is 0 Å². The van der Waals surface area contributed by atoms with Gasteiger partial charge < -0.3 is 10.4 Å². The number of aliphatic hydroxyl groups is 1. The van der Waals surface area contributed by atoms with Gasteiger partial charge in [-0.1, -0.05) is 39.1 Å². The first-order valence-electron chi connectivity index (χ1n) is 8.65. The van der Waals surface area contributed by atoms with Crippen molar-refractivity contribution in [3.8, 4) is 0 Å². The van der Waals surface area contributed by atoms with Crippen LogP contribution in [-0.2, 0) is 10.0 Å². The summed E-state index contributed by atoms with van der Waals surface area (Å²) in [6.07, 6.45) is 2.63. The van der Waals surface area contributed by atoms with Gasteiger partial charge in [0.05, 0.1) is 21.7 Å². The van der Waals surface area contributed by atoms with Gasteiger partial charge >= 0.3 is 0 Å². The van der Waals surface area contributed by atoms with Crippen LogP contribution in [0.5, 0.6) is 0 Å². The number of hydrogen-bond donors (Lipinski definition) is 3. The minimum Gasteiger partial charge on any atom is -0.396 e. The Labute approximate surface area is 185 Å². The SMILES string of the molecule is O=S(=O)(Nc1nc2ccnn2c(Cl)c1Nc1ccc(Br)cc1Cl)C1(CCO)CC1. The van der Waals surface area contributed by atoms with Gasteiger partial charge in [0.15, 0.2) is 16.6 Å². The van der Waals surface area contributed by atoms with Crippen LogP contribution >= 0.6 is 39.1 Å². The monoisotopic (exact) mass is 519 g/mol. The van der Waals surface area contributed by atoms with Gasteiger partial charge in [0, 0.05) is 17.1 Å². The number of benzene rings is 1. The molecule has 0 saturated heterocycles. The molecule has 0 atom stereocenters. The third kappa shape index (κ3) is 3.79. The minimum atomic E-state index is -3.81. The fraction of sp³-hybridized carbons (Fsp3) is 0.294. The van der Waals surface area contributed by atoms with E-state index in [-0.39, 0.29) is 29.7 Å². The largest absolute Gasteiger partial charge is 0.396 e. The van der Waals surface area contributed by atoms with Crippen LogP contribution in [0.4, 0.5) is 17.2 Å². The van der Waals surface area contributed by atoms with E-state index in [4.69, 9.17) is 23.2 Å². The number of nitrogens with one attached hydrogen (secondary N) is 2. The minimum absolute atomic E-state index is 0.0335. The smallest absolute Gasteiger partial charge is 0.239 e. The number of anilines is 3. The van der Waals surface area contributed by atoms with E-state index in [9.17, 15) is 13.5 Å². The van der Waals surface area contributed by atoms with E-state index < -0.39 is 14.8 Å². The van der Waals surface area contributed by atoms with Crippen LogP contribution in [0.25, 0.3) is 5.65 Å². The highest BCUT2D eigenvalue weighted by Gasteiger charge is 2.54. The summed E-state index contributed by atoms with van der Waals surface area (Å²) in [6, 6.07) is 6.82. The van der Waals surface area contributed by atoms with Crippen molar-refractivity contribution in [2.24, 2.45) is 0 Å². The highest BCUT2D eigenvalue weighted by molar-refractivity contribution is 9.10. The summed E-state index contributed by atoms with van der Waals surface area (Å²) >= 11 is 16.2. The Morgan fingerprint density at radius 1 is 1.28 bits per heavy atom. The molecule has 1 aromatic carbocycles. The van der Waals surface area contributed by atoms with Crippen molar-refractivity contribution in [3.63, 3.8) is 0 Å². The highest BCUT2D eigenvalue weighted by Crippen LogP contribution is 2.47. The van der Waals surface area contributed by atoms with Crippen molar-refractivity contribution in [1.82, 2.24) is 14.6 Å². The summed E-state index contributed by atoms with van der Waals surface area (Å²) in [7, 11) is -3.81. The van der Waals surface area contributed by atoms with E-state index in [1.54, 1.807) is 24.3 Å². The zero-order valence-electron chi connectivity index (χ0n) is 14.9. The maximum atomic E-state index is 13.0. The van der Waals surface area contributed by atoms with E-state index in [1.807, 2.05) is 0 Å². The second-order valence-electron chi connectivity index (χ2n) is 6.74. The van der Waals surface area contributed by atoms with E-state index in [0.717, 1.165) is 4.47 Å². The molecular weight excluding hydrogens is 505 g/mol. The average Bonchev–Trinajstić information content (AvgIpc) is 3.30. The molecule has 0 spiro atoms. The Balaban J connectivity index is 1.79. The third-order valence-electron chi connectivity index (χ3n) is 4.85. The van der Waals surface area contributed by atoms with Crippen LogP contribution in [-0.4, -0.2) is 39.5 Å². The molecule has 4 rings (SSSR count). The number of sulfonamides is 1. The Morgan fingerprint density at radius 2 is 2.03 bits per heavy atom. The molecule has 0 amide bonds. The molecule has 2 heterocycles. The summed E-state index contributed by atoms with van der Waals surface area (Å²) in [5.74, 6) is 0.0335. The molecule has 12 heteroatoms. The lowest BCUT2D eigenvalue weighted by atomic mass is 10.3. The standard InChI is InChI=1S/C17H16BrCl2N5O3S/c18-10-1-2-12(11(19)9-10)22-14-15(20)25-13(3-7-21-25)23-16(14)24-29(27,28)17(4-5-17)6-8-26/h1-3,7,9,22,26H,4-6,8H2,(H,23,24). The molecular formula is C17H16BrCl2N5O3S. The lowest BCUT2D eigenvalue weighted by Crippen LogP contribution is -2.31. The van der Waals surface area contributed by atoms with E-state index in [1.165, 1.54) is 10.7 Å². The van der Waals surface area contributed by atoms with Gasteiger partial charge in [0.2, 0.25) is 10.0 Å². The van der Waals surface area contributed by atoms with Crippen molar-refractivity contribution in [1.29, 1.82) is 0 Å². The maximum absolute atomic E-state index is 13.0. The van der Waals surface area contributed by atoms with Crippen LogP contribution in [0.3, 0.4) is 0 Å². The second-order valence-corrected chi connectivity index (χ2v) is 10.5. The van der Waals surface area contributed by atoms with Crippen molar-refractivity contribution >= 4 is 72.0 Å². The molecule has 0 unspecified atom stereocenters. The predicted octanol–water partition coefficient (Wildman–Crippen LogP) is 4.20. The van der Waals surface area contributed by atoms with Crippen molar-refractivity contribution in [2.75, 3.05) is 16.6 Å². The lowest BCUT2D eigenvalue weighted by Gasteiger charge is -2.20. The Hall–Kier alpha value is -1.59. The normalized spacial score (nSPS) is 15.4. The predicted molar refractivity (Wildman–Crippen MR) is 117 cm³/mol. The quantitative estimate of drug-likeness (QED) is 0.403. The highest BCUT2D eigenvalue weighted by atomic mass is 79.9. The maximum Gasteiger partial charge on any atom is 0.239 e. The molecule has 29 heavy (non-hydrogen) atoms. The molecule has 0 radical (unpaired) electrons. The fourth-order valence-electron chi connectivity index (χ4n) is 3.05. The number of aromatic nitrogens is 3. The first-order valence-corrected chi connectivity index (χ1v) is 11.7. The average molecular weight is 521 g/mol. The van der Waals surface area contributed by atoms with Crippen LogP contribution in [0, 0.1) is 0 Å². The number of fused-ring (bicyclic) bond motifs is 1. The van der Waals surface area contributed by atoms with Gasteiger partial charge in [-0.25, -0.2) is 17.9 Å². The molecule has 1 fully saturated rings. The Kier molecular flexibility index (Phi) is 5.41. The summed E-state index contributed by atoms with van der Waals surface area (Å²) in [5.41, 5.74) is 1.12. The zero-order valence-corrected chi connectivity index (χ0v) is 18.8. The topological polar surface area (TPSA) is 109 Å². The van der Waals surface area contributed by atoms with E-state index in [0.29, 0.717) is 29.2 Å². The molecule has 8 nitrogen and oxygen atoms in total.